The lowest BCUT2D eigenvalue weighted by molar-refractivity contribution is 0.0940. The van der Waals surface area contributed by atoms with Gasteiger partial charge in [0.25, 0.3) is 5.91 Å². The van der Waals surface area contributed by atoms with E-state index in [1.807, 2.05) is 37.3 Å². The highest BCUT2D eigenvalue weighted by molar-refractivity contribution is 7.89. The minimum absolute atomic E-state index is 0.132. The molecule has 0 fully saturated rings. The Morgan fingerprint density at radius 2 is 1.56 bits per heavy atom. The van der Waals surface area contributed by atoms with E-state index in [0.29, 0.717) is 18.7 Å². The molecule has 2 aromatic carbocycles. The van der Waals surface area contributed by atoms with Gasteiger partial charge in [-0.25, -0.2) is 8.42 Å². The fraction of sp³-hybridized carbons (Fsp3) is 0.316. The Morgan fingerprint density at radius 3 is 2.08 bits per heavy atom. The van der Waals surface area contributed by atoms with E-state index in [1.165, 1.54) is 16.4 Å². The molecule has 1 N–H and O–H groups in total. The number of nitrogens with zero attached hydrogens (tertiary/aromatic N) is 1. The van der Waals surface area contributed by atoms with Crippen LogP contribution >= 0.6 is 0 Å². The molecule has 0 saturated heterocycles. The van der Waals surface area contributed by atoms with E-state index in [4.69, 9.17) is 0 Å². The number of carbonyl (C=O) groups is 1. The number of amides is 1. The summed E-state index contributed by atoms with van der Waals surface area (Å²) >= 11 is 0. The van der Waals surface area contributed by atoms with Crippen LogP contribution in [0.1, 0.15) is 42.7 Å². The highest BCUT2D eigenvalue weighted by Crippen LogP contribution is 2.17. The van der Waals surface area contributed by atoms with Crippen LogP contribution < -0.4 is 5.32 Å². The summed E-state index contributed by atoms with van der Waals surface area (Å²) in [5.41, 5.74) is 1.44. The number of carbonyl (C=O) groups excluding carboxylic acids is 1. The molecule has 0 spiro atoms. The van der Waals surface area contributed by atoms with Gasteiger partial charge in [-0.3, -0.25) is 4.79 Å². The number of hydrogen-bond donors (Lipinski definition) is 1. The van der Waals surface area contributed by atoms with E-state index in [9.17, 15) is 13.2 Å². The molecular weight excluding hydrogens is 336 g/mol. The molecule has 5 nitrogen and oxygen atoms in total. The normalized spacial score (nSPS) is 12.8. The smallest absolute Gasteiger partial charge is 0.251 e. The first kappa shape index (κ1) is 19.1. The van der Waals surface area contributed by atoms with Crippen LogP contribution in [0, 0.1) is 0 Å². The topological polar surface area (TPSA) is 66.5 Å². The number of nitrogens with one attached hydrogen (secondary N) is 1. The average Bonchev–Trinajstić information content (AvgIpc) is 2.63. The molecule has 0 saturated carbocycles. The first-order valence-corrected chi connectivity index (χ1v) is 9.80. The van der Waals surface area contributed by atoms with Gasteiger partial charge < -0.3 is 5.32 Å². The Bertz CT molecular complexity index is 798. The largest absolute Gasteiger partial charge is 0.346 e. The summed E-state index contributed by atoms with van der Waals surface area (Å²) in [6.07, 6.45) is 0. The van der Waals surface area contributed by atoms with Gasteiger partial charge in [0.1, 0.15) is 0 Å². The lowest BCUT2D eigenvalue weighted by Crippen LogP contribution is -2.30. The van der Waals surface area contributed by atoms with Crippen LogP contribution in [0.5, 0.6) is 0 Å². The van der Waals surface area contributed by atoms with Crippen molar-refractivity contribution in [2.24, 2.45) is 0 Å². The Balaban J connectivity index is 2.13. The summed E-state index contributed by atoms with van der Waals surface area (Å²) in [6, 6.07) is 15.6. The Hall–Kier alpha value is -2.18. The van der Waals surface area contributed by atoms with Crippen LogP contribution in [0.15, 0.2) is 59.5 Å². The van der Waals surface area contributed by atoms with E-state index in [-0.39, 0.29) is 16.8 Å². The minimum Gasteiger partial charge on any atom is -0.346 e. The first-order chi connectivity index (χ1) is 11.9. The highest BCUT2D eigenvalue weighted by Gasteiger charge is 2.21. The highest BCUT2D eigenvalue weighted by atomic mass is 32.2. The summed E-state index contributed by atoms with van der Waals surface area (Å²) in [6.45, 7) is 6.33. The van der Waals surface area contributed by atoms with Gasteiger partial charge in [0.05, 0.1) is 10.9 Å². The van der Waals surface area contributed by atoms with Gasteiger partial charge in [0.15, 0.2) is 0 Å². The Labute approximate surface area is 149 Å². The maximum Gasteiger partial charge on any atom is 0.251 e. The predicted octanol–water partition coefficient (Wildman–Crippen LogP) is 3.21. The standard InChI is InChI=1S/C19H24N2O3S/c1-4-21(5-2)25(23,24)18-13-11-17(12-14-18)19(22)20-15(3)16-9-7-6-8-10-16/h6-15H,4-5H2,1-3H3,(H,20,22). The predicted molar refractivity (Wildman–Crippen MR) is 98.9 cm³/mol. The zero-order valence-electron chi connectivity index (χ0n) is 14.8. The molecule has 2 rings (SSSR count). The molecule has 0 aliphatic rings. The maximum absolute atomic E-state index is 12.5. The Morgan fingerprint density at radius 1 is 1.00 bits per heavy atom. The second kappa shape index (κ2) is 8.27. The van der Waals surface area contributed by atoms with Crippen LogP contribution in [0.4, 0.5) is 0 Å². The molecule has 0 aliphatic heterocycles. The van der Waals surface area contributed by atoms with Crippen molar-refractivity contribution in [2.45, 2.75) is 31.7 Å². The van der Waals surface area contributed by atoms with Gasteiger partial charge in [-0.1, -0.05) is 44.2 Å². The van der Waals surface area contributed by atoms with Crippen molar-refractivity contribution in [1.29, 1.82) is 0 Å². The number of rotatable bonds is 7. The zero-order chi connectivity index (χ0) is 18.4. The molecule has 0 radical (unpaired) electrons. The molecule has 2 aromatic rings. The quantitative estimate of drug-likeness (QED) is 0.824. The van der Waals surface area contributed by atoms with Gasteiger partial charge in [-0.2, -0.15) is 4.31 Å². The number of hydrogen-bond acceptors (Lipinski definition) is 3. The van der Waals surface area contributed by atoms with Crippen molar-refractivity contribution in [3.63, 3.8) is 0 Å². The minimum atomic E-state index is -3.51. The zero-order valence-corrected chi connectivity index (χ0v) is 15.6. The van der Waals surface area contributed by atoms with Crippen LogP contribution in [-0.2, 0) is 10.0 Å². The molecule has 0 aromatic heterocycles. The van der Waals surface area contributed by atoms with Gasteiger partial charge in [0, 0.05) is 18.7 Å². The van der Waals surface area contributed by atoms with E-state index in [1.54, 1.807) is 26.0 Å². The van der Waals surface area contributed by atoms with Crippen LogP contribution in [0.25, 0.3) is 0 Å². The summed E-state index contributed by atoms with van der Waals surface area (Å²) in [7, 11) is -3.51. The lowest BCUT2D eigenvalue weighted by atomic mass is 10.1. The van der Waals surface area contributed by atoms with Crippen molar-refractivity contribution < 1.29 is 13.2 Å². The van der Waals surface area contributed by atoms with Crippen LogP contribution in [0.2, 0.25) is 0 Å². The summed E-state index contributed by atoms with van der Waals surface area (Å²) in [5, 5.41) is 2.92. The first-order valence-electron chi connectivity index (χ1n) is 8.36. The maximum atomic E-state index is 12.5. The van der Waals surface area contributed by atoms with E-state index in [2.05, 4.69) is 5.32 Å². The molecule has 25 heavy (non-hydrogen) atoms. The van der Waals surface area contributed by atoms with Crippen LogP contribution in [-0.4, -0.2) is 31.7 Å². The van der Waals surface area contributed by atoms with Crippen molar-refractivity contribution in [1.82, 2.24) is 9.62 Å². The summed E-state index contributed by atoms with van der Waals surface area (Å²) in [5.74, 6) is -0.233. The summed E-state index contributed by atoms with van der Waals surface area (Å²) in [4.78, 5) is 12.6. The molecule has 1 amide bonds. The SMILES string of the molecule is CCN(CC)S(=O)(=O)c1ccc(C(=O)NC(C)c2ccccc2)cc1. The number of sulfonamides is 1. The molecule has 1 unspecified atom stereocenters. The van der Waals surface area contributed by atoms with E-state index >= 15 is 0 Å². The third-order valence-electron chi connectivity index (χ3n) is 4.11. The molecule has 0 bridgehead atoms. The molecule has 6 heteroatoms. The molecular formula is C19H24N2O3S. The molecule has 134 valence electrons. The summed E-state index contributed by atoms with van der Waals surface area (Å²) < 4.78 is 26.3. The van der Waals surface area contributed by atoms with Crippen LogP contribution in [0.3, 0.4) is 0 Å². The van der Waals surface area contributed by atoms with Crippen molar-refractivity contribution >= 4 is 15.9 Å². The molecule has 0 heterocycles. The van der Waals surface area contributed by atoms with Gasteiger partial charge >= 0.3 is 0 Å². The molecule has 0 aliphatic carbocycles. The Kier molecular flexibility index (Phi) is 6.33. The fourth-order valence-electron chi connectivity index (χ4n) is 2.60. The third-order valence-corrected chi connectivity index (χ3v) is 6.17. The fourth-order valence-corrected chi connectivity index (χ4v) is 4.05. The number of benzene rings is 2. The van der Waals surface area contributed by atoms with Crippen molar-refractivity contribution in [3.05, 3.63) is 65.7 Å². The second-order valence-corrected chi connectivity index (χ2v) is 7.66. The third kappa shape index (κ3) is 4.46. The van der Waals surface area contributed by atoms with E-state index in [0.717, 1.165) is 5.56 Å². The average molecular weight is 360 g/mol. The van der Waals surface area contributed by atoms with Gasteiger partial charge in [0.2, 0.25) is 10.0 Å². The second-order valence-electron chi connectivity index (χ2n) is 5.72. The lowest BCUT2D eigenvalue weighted by Gasteiger charge is -2.18. The van der Waals surface area contributed by atoms with Crippen molar-refractivity contribution in [2.75, 3.05) is 13.1 Å². The monoisotopic (exact) mass is 360 g/mol. The van der Waals surface area contributed by atoms with Crippen molar-refractivity contribution in [3.8, 4) is 0 Å². The van der Waals surface area contributed by atoms with Gasteiger partial charge in [-0.05, 0) is 36.8 Å². The molecule has 1 atom stereocenters. The van der Waals surface area contributed by atoms with Gasteiger partial charge in [-0.15, -0.1) is 0 Å². The van der Waals surface area contributed by atoms with E-state index < -0.39 is 10.0 Å².